The summed E-state index contributed by atoms with van der Waals surface area (Å²) in [5.41, 5.74) is 10.3. The number of nitrogens with one attached hydrogen (secondary N) is 2. The molecule has 0 radical (unpaired) electrons. The van der Waals surface area contributed by atoms with Crippen molar-refractivity contribution in [2.75, 3.05) is 106 Å². The molecule has 1 atom stereocenters. The summed E-state index contributed by atoms with van der Waals surface area (Å²) in [6.07, 6.45) is 13.2. The van der Waals surface area contributed by atoms with Crippen LogP contribution in [0.4, 0.5) is 14.5 Å². The van der Waals surface area contributed by atoms with Gasteiger partial charge in [-0.1, -0.05) is 73.6 Å². The molecule has 17 heteroatoms. The first-order valence-corrected chi connectivity index (χ1v) is 31.8. The van der Waals surface area contributed by atoms with Gasteiger partial charge in [0.15, 0.2) is 0 Å². The van der Waals surface area contributed by atoms with E-state index in [1.54, 1.807) is 19.2 Å². The Balaban J connectivity index is 0.000000292. The number of unbranched alkanes of at least 4 members (excludes halogenated alkanes) is 2. The summed E-state index contributed by atoms with van der Waals surface area (Å²) in [5, 5.41) is 15.1. The second-order valence-electron chi connectivity index (χ2n) is 22.8. The van der Waals surface area contributed by atoms with E-state index in [4.69, 9.17) is 28.7 Å². The summed E-state index contributed by atoms with van der Waals surface area (Å²) < 4.78 is 56.9. The van der Waals surface area contributed by atoms with Crippen LogP contribution >= 0.6 is 0 Å². The molecular weight excluding hydrogens is 1150 g/mol. The fourth-order valence-electron chi connectivity index (χ4n) is 10.2. The molecule has 5 aromatic carbocycles. The number of aliphatic imine (C=N–C) groups is 1. The maximum Gasteiger partial charge on any atom is 0.270 e. The third-order valence-electron chi connectivity index (χ3n) is 15.5. The number of hydrogen-bond donors (Lipinski definition) is 2. The lowest BCUT2D eigenvalue weighted by Crippen LogP contribution is -2.36. The quantitative estimate of drug-likeness (QED) is 0.0367. The number of methoxy groups -OCH3 is 1. The van der Waals surface area contributed by atoms with Gasteiger partial charge >= 0.3 is 0 Å². The van der Waals surface area contributed by atoms with E-state index in [1.807, 2.05) is 84.8 Å². The van der Waals surface area contributed by atoms with Crippen LogP contribution in [-0.4, -0.2) is 153 Å². The fraction of sp³-hybridized carbons (Fsp3) is 0.473. The Morgan fingerprint density at radius 2 is 1.20 bits per heavy atom. The summed E-state index contributed by atoms with van der Waals surface area (Å²) in [6, 6.07) is 41.0. The number of anilines is 1. The highest BCUT2D eigenvalue weighted by Crippen LogP contribution is 2.29. The highest BCUT2D eigenvalue weighted by Gasteiger charge is 2.24. The van der Waals surface area contributed by atoms with Gasteiger partial charge in [0.25, 0.3) is 5.92 Å². The number of H-pyrrole nitrogens is 1. The number of benzene rings is 5. The smallest absolute Gasteiger partial charge is 0.270 e. The monoisotopic (exact) mass is 1250 g/mol. The van der Waals surface area contributed by atoms with Crippen molar-refractivity contribution in [1.82, 2.24) is 40.0 Å². The number of ether oxygens (including phenoxy) is 5. The molecule has 2 aromatic heterocycles. The molecule has 0 fully saturated rings. The predicted octanol–water partition coefficient (Wildman–Crippen LogP) is 15.7. The number of aromatic amines is 1. The fourth-order valence-corrected chi connectivity index (χ4v) is 10.2. The zero-order valence-corrected chi connectivity index (χ0v) is 55.1. The number of hydrogen-bond acceptors (Lipinski definition) is 13. The van der Waals surface area contributed by atoms with Crippen LogP contribution in [0.15, 0.2) is 156 Å². The van der Waals surface area contributed by atoms with Gasteiger partial charge in [-0.2, -0.15) is 10.2 Å². The second-order valence-corrected chi connectivity index (χ2v) is 22.8. The summed E-state index contributed by atoms with van der Waals surface area (Å²) in [7, 11) is 10.1. The molecule has 0 bridgehead atoms. The van der Waals surface area contributed by atoms with E-state index in [1.165, 1.54) is 60.3 Å². The van der Waals surface area contributed by atoms with Gasteiger partial charge < -0.3 is 48.6 Å². The van der Waals surface area contributed by atoms with Gasteiger partial charge in [0.2, 0.25) is 0 Å². The molecule has 15 nitrogen and oxygen atoms in total. The van der Waals surface area contributed by atoms with Crippen molar-refractivity contribution in [3.63, 3.8) is 0 Å². The Hall–Kier alpha value is -7.57. The summed E-state index contributed by atoms with van der Waals surface area (Å²) in [4.78, 5) is 14.1. The number of alkyl halides is 2. The Kier molecular flexibility index (Phi) is 33.6. The zero-order chi connectivity index (χ0) is 64.0. The van der Waals surface area contributed by atoms with Crippen molar-refractivity contribution in [3.05, 3.63) is 174 Å². The van der Waals surface area contributed by atoms with Crippen LogP contribution in [0.2, 0.25) is 0 Å². The Bertz CT molecular complexity index is 3120. The molecule has 0 saturated carbocycles. The number of aromatic nitrogens is 4. The second kappa shape index (κ2) is 40.3. The van der Waals surface area contributed by atoms with Gasteiger partial charge in [-0.25, -0.2) is 13.5 Å². The molecular formula is C74H108F2N10O5. The largest absolute Gasteiger partial charge is 0.497 e. The summed E-state index contributed by atoms with van der Waals surface area (Å²) >= 11 is 0. The lowest BCUT2D eigenvalue weighted by Gasteiger charge is -2.24. The van der Waals surface area contributed by atoms with Crippen LogP contribution in [-0.2, 0) is 19.0 Å². The first-order chi connectivity index (χ1) is 43.1. The SMILES string of the molecule is C.C.CCCCN(C)Cc1ccnn1-c1ccc(OC(CC)CC)cc1.CCCCN(C)Cc1cn[nH]c1-c1ccc(OCCOc2ccc(C(C)(F)F)cc2)cc1.CCN(CCOc1ccc(OC)cc1)c1ccc(C2=NCC=C2CN(C)CC(C)NC)cc1. The third kappa shape index (κ3) is 25.2. The minimum Gasteiger partial charge on any atom is -0.497 e. The molecule has 3 heterocycles. The normalized spacial score (nSPS) is 12.2. The minimum absolute atomic E-state index is 0. The van der Waals surface area contributed by atoms with E-state index in [9.17, 15) is 8.78 Å². The average Bonchev–Trinajstić information content (AvgIpc) is 3.49. The van der Waals surface area contributed by atoms with Crippen LogP contribution in [0.1, 0.15) is 124 Å². The molecule has 7 aromatic rings. The van der Waals surface area contributed by atoms with Crippen LogP contribution in [0.5, 0.6) is 28.7 Å². The van der Waals surface area contributed by atoms with Gasteiger partial charge in [0.1, 0.15) is 48.6 Å². The van der Waals surface area contributed by atoms with Crippen LogP contribution in [0.3, 0.4) is 0 Å². The van der Waals surface area contributed by atoms with Crippen LogP contribution in [0, 0.1) is 0 Å². The number of halogens is 2. The van der Waals surface area contributed by atoms with Crippen molar-refractivity contribution >= 4 is 11.4 Å². The van der Waals surface area contributed by atoms with Crippen LogP contribution in [0.25, 0.3) is 16.9 Å². The molecule has 0 amide bonds. The molecule has 1 unspecified atom stereocenters. The van der Waals surface area contributed by atoms with E-state index in [2.05, 4.69) is 151 Å². The maximum atomic E-state index is 13.3. The molecule has 2 N–H and O–H groups in total. The van der Waals surface area contributed by atoms with Crippen molar-refractivity contribution in [3.8, 4) is 45.7 Å². The van der Waals surface area contributed by atoms with E-state index >= 15 is 0 Å². The predicted molar refractivity (Wildman–Crippen MR) is 374 cm³/mol. The molecule has 91 heavy (non-hydrogen) atoms. The highest BCUT2D eigenvalue weighted by molar-refractivity contribution is 6.14. The summed E-state index contributed by atoms with van der Waals surface area (Å²) in [5.74, 6) is 1.04. The number of likely N-dealkylation sites (N-methyl/N-ethyl adjacent to an activating group) is 3. The zero-order valence-electron chi connectivity index (χ0n) is 55.1. The van der Waals surface area contributed by atoms with Gasteiger partial charge in [-0.3, -0.25) is 10.1 Å². The summed E-state index contributed by atoms with van der Waals surface area (Å²) in [6.45, 7) is 23.6. The first kappa shape index (κ1) is 75.9. The first-order valence-electron chi connectivity index (χ1n) is 31.8. The van der Waals surface area contributed by atoms with Crippen molar-refractivity contribution in [2.24, 2.45) is 4.99 Å². The van der Waals surface area contributed by atoms with Gasteiger partial charge in [-0.15, -0.1) is 0 Å². The van der Waals surface area contributed by atoms with E-state index < -0.39 is 5.92 Å². The maximum absolute atomic E-state index is 13.3. The molecule has 1 aliphatic heterocycles. The standard InChI is InChI=1S/C27H38N4O2.C25H31F2N3O2.C20H31N3O.2CH4/c1-6-31(17-18-33-26-13-11-25(32-5)12-14-26)24-9-7-22(8-10-24)27-23(15-16-29-27)20-30(4)19-21(2)28-3;1-4-5-14-30(3)18-20-17-28-29-24(20)19-6-10-22(11-7-19)31-15-16-32-23-12-8-21(9-13-23)25(2,26)27;1-5-8-15-22(4)16-18-13-14-21-23(18)17-9-11-20(12-10-17)24-19(6-2)7-3;;/h7-15,21,28H,6,16-20H2,1-5H3;6-13,17H,4-5,14-16,18H2,1-3H3,(H,28,29);9-14,19H,5-8,15-16H2,1-4H3;2*1H4. The number of rotatable bonds is 35. The van der Waals surface area contributed by atoms with E-state index in [0.717, 1.165) is 130 Å². The van der Waals surface area contributed by atoms with Crippen molar-refractivity contribution < 1.29 is 32.5 Å². The molecule has 0 saturated heterocycles. The molecule has 0 spiro atoms. The Labute approximate surface area is 544 Å². The molecule has 0 aliphatic carbocycles. The van der Waals surface area contributed by atoms with Gasteiger partial charge in [0, 0.05) is 79.8 Å². The van der Waals surface area contributed by atoms with Crippen molar-refractivity contribution in [2.45, 2.75) is 133 Å². The van der Waals surface area contributed by atoms with Gasteiger partial charge in [-0.05, 0) is 202 Å². The lowest BCUT2D eigenvalue weighted by molar-refractivity contribution is 0.0174. The Morgan fingerprint density at radius 3 is 1.76 bits per heavy atom. The molecule has 1 aliphatic rings. The van der Waals surface area contributed by atoms with Crippen LogP contribution < -0.4 is 33.9 Å². The van der Waals surface area contributed by atoms with E-state index in [0.29, 0.717) is 37.7 Å². The third-order valence-corrected chi connectivity index (χ3v) is 15.5. The average molecular weight is 1260 g/mol. The Morgan fingerprint density at radius 1 is 0.648 bits per heavy atom. The lowest BCUT2D eigenvalue weighted by atomic mass is 10.0. The van der Waals surface area contributed by atoms with E-state index in [-0.39, 0.29) is 20.4 Å². The van der Waals surface area contributed by atoms with Crippen molar-refractivity contribution in [1.29, 1.82) is 0 Å². The molecule has 8 rings (SSSR count). The number of nitrogens with zero attached hydrogens (tertiary/aromatic N) is 8. The highest BCUT2D eigenvalue weighted by atomic mass is 19.3. The van der Waals surface area contributed by atoms with Gasteiger partial charge in [0.05, 0.1) is 55.3 Å². The molecule has 498 valence electrons. The topological polar surface area (TPSA) is 130 Å². The minimum atomic E-state index is -2.85.